The number of carbonyl (C=O) groups excluding carboxylic acids is 1. The van der Waals surface area contributed by atoms with Crippen molar-refractivity contribution in [3.8, 4) is 0 Å². The number of hydrogen-bond donors (Lipinski definition) is 1. The van der Waals surface area contributed by atoms with Gasteiger partial charge in [-0.2, -0.15) is 0 Å². The van der Waals surface area contributed by atoms with Crippen molar-refractivity contribution in [3.05, 3.63) is 28.1 Å². The van der Waals surface area contributed by atoms with Gasteiger partial charge in [-0.1, -0.05) is 13.8 Å². The average molecular weight is 337 g/mol. The molecule has 8 heteroatoms. The molecular formula is C15H19N3O4S. The van der Waals surface area contributed by atoms with Gasteiger partial charge in [0.15, 0.2) is 0 Å². The van der Waals surface area contributed by atoms with Crippen molar-refractivity contribution in [1.82, 2.24) is 14.5 Å². The molecule has 0 aliphatic rings. The highest BCUT2D eigenvalue weighted by Gasteiger charge is 2.17. The number of carbonyl (C=O) groups is 2. The summed E-state index contributed by atoms with van der Waals surface area (Å²) in [6, 6.07) is 1.69. The lowest BCUT2D eigenvalue weighted by atomic mass is 10.2. The summed E-state index contributed by atoms with van der Waals surface area (Å²) in [6.45, 7) is 4.35. The van der Waals surface area contributed by atoms with E-state index >= 15 is 0 Å². The Hall–Kier alpha value is -2.22. The number of hydrogen-bond acceptors (Lipinski definition) is 5. The zero-order chi connectivity index (χ0) is 17.0. The van der Waals surface area contributed by atoms with Crippen LogP contribution in [0, 0.1) is 5.92 Å². The maximum absolute atomic E-state index is 12.4. The lowest BCUT2D eigenvalue weighted by molar-refractivity contribution is -0.138. The number of rotatable bonds is 7. The Morgan fingerprint density at radius 1 is 1.43 bits per heavy atom. The van der Waals surface area contributed by atoms with Crippen LogP contribution in [0.15, 0.2) is 22.6 Å². The van der Waals surface area contributed by atoms with E-state index in [-0.39, 0.29) is 36.9 Å². The topological polar surface area (TPSA) is 92.5 Å². The molecule has 0 saturated carbocycles. The molecular weight excluding hydrogens is 318 g/mol. The van der Waals surface area contributed by atoms with E-state index in [2.05, 4.69) is 4.98 Å². The van der Waals surface area contributed by atoms with E-state index in [0.717, 1.165) is 0 Å². The average Bonchev–Trinajstić information content (AvgIpc) is 2.95. The molecule has 0 fully saturated rings. The summed E-state index contributed by atoms with van der Waals surface area (Å²) in [6.07, 6.45) is 1.25. The van der Waals surface area contributed by atoms with Crippen LogP contribution in [0.2, 0.25) is 0 Å². The first-order valence-electron chi connectivity index (χ1n) is 7.30. The van der Waals surface area contributed by atoms with Crippen molar-refractivity contribution in [3.63, 3.8) is 0 Å². The normalized spacial score (nSPS) is 11.1. The minimum Gasteiger partial charge on any atom is -0.481 e. The van der Waals surface area contributed by atoms with Crippen molar-refractivity contribution in [2.45, 2.75) is 26.8 Å². The second-order valence-corrected chi connectivity index (χ2v) is 6.59. The molecule has 7 nitrogen and oxygen atoms in total. The molecule has 2 aromatic heterocycles. The predicted molar refractivity (Wildman–Crippen MR) is 87.6 cm³/mol. The van der Waals surface area contributed by atoms with Gasteiger partial charge in [0.05, 0.1) is 18.1 Å². The van der Waals surface area contributed by atoms with Gasteiger partial charge in [-0.3, -0.25) is 19.0 Å². The Labute approximate surface area is 137 Å². The highest BCUT2D eigenvalue weighted by Crippen LogP contribution is 2.13. The smallest absolute Gasteiger partial charge is 0.305 e. The number of nitrogens with zero attached hydrogens (tertiary/aromatic N) is 3. The minimum atomic E-state index is -0.954. The monoisotopic (exact) mass is 337 g/mol. The molecule has 0 aliphatic carbocycles. The van der Waals surface area contributed by atoms with Gasteiger partial charge < -0.3 is 10.0 Å². The van der Waals surface area contributed by atoms with Gasteiger partial charge in [0.2, 0.25) is 5.91 Å². The van der Waals surface area contributed by atoms with Crippen molar-refractivity contribution < 1.29 is 14.7 Å². The van der Waals surface area contributed by atoms with Crippen molar-refractivity contribution in [1.29, 1.82) is 0 Å². The first kappa shape index (κ1) is 17.1. The zero-order valence-corrected chi connectivity index (χ0v) is 13.9. The van der Waals surface area contributed by atoms with Crippen molar-refractivity contribution in [2.24, 2.45) is 5.92 Å². The molecule has 1 N–H and O–H groups in total. The molecule has 0 radical (unpaired) electrons. The van der Waals surface area contributed by atoms with E-state index in [1.54, 1.807) is 11.4 Å². The first-order valence-corrected chi connectivity index (χ1v) is 8.18. The number of carboxylic acid groups (broad SMARTS) is 1. The van der Waals surface area contributed by atoms with Crippen LogP contribution in [0.3, 0.4) is 0 Å². The highest BCUT2D eigenvalue weighted by molar-refractivity contribution is 7.16. The van der Waals surface area contributed by atoms with Crippen LogP contribution in [0.25, 0.3) is 10.2 Å². The zero-order valence-electron chi connectivity index (χ0n) is 13.1. The van der Waals surface area contributed by atoms with Crippen LogP contribution in [0.1, 0.15) is 20.3 Å². The molecule has 0 spiro atoms. The summed E-state index contributed by atoms with van der Waals surface area (Å²) < 4.78 is 1.27. The molecule has 0 saturated heterocycles. The Morgan fingerprint density at radius 3 is 2.83 bits per heavy atom. The molecule has 23 heavy (non-hydrogen) atoms. The first-order chi connectivity index (χ1) is 10.9. The van der Waals surface area contributed by atoms with Gasteiger partial charge in [-0.15, -0.1) is 11.3 Å². The number of aliphatic carboxylic acids is 1. The molecule has 2 aromatic rings. The quantitative estimate of drug-likeness (QED) is 0.825. The lowest BCUT2D eigenvalue weighted by Gasteiger charge is -2.24. The van der Waals surface area contributed by atoms with Crippen LogP contribution >= 0.6 is 11.3 Å². The molecule has 2 heterocycles. The second kappa shape index (κ2) is 7.36. The predicted octanol–water partition coefficient (Wildman–Crippen LogP) is 1.42. The number of amides is 1. The molecule has 2 rings (SSSR count). The lowest BCUT2D eigenvalue weighted by Crippen LogP contribution is -2.39. The van der Waals surface area contributed by atoms with Crippen LogP contribution in [-0.2, 0) is 16.1 Å². The van der Waals surface area contributed by atoms with Crippen LogP contribution in [0.5, 0.6) is 0 Å². The second-order valence-electron chi connectivity index (χ2n) is 5.69. The summed E-state index contributed by atoms with van der Waals surface area (Å²) >= 11 is 1.37. The fourth-order valence-electron chi connectivity index (χ4n) is 2.24. The van der Waals surface area contributed by atoms with Gasteiger partial charge in [0, 0.05) is 13.1 Å². The van der Waals surface area contributed by atoms with Crippen LogP contribution in [-0.4, -0.2) is 44.5 Å². The third kappa shape index (κ3) is 4.38. The number of carboxylic acids is 1. The SMILES string of the molecule is CC(C)CN(CCC(=O)O)C(=O)Cn1cnc2sccc2c1=O. The Balaban J connectivity index is 2.16. The van der Waals surface area contributed by atoms with Gasteiger partial charge in [-0.05, 0) is 17.4 Å². The van der Waals surface area contributed by atoms with Crippen molar-refractivity contribution >= 4 is 33.4 Å². The fourth-order valence-corrected chi connectivity index (χ4v) is 2.96. The van der Waals surface area contributed by atoms with Crippen LogP contribution in [0.4, 0.5) is 0 Å². The molecule has 0 bridgehead atoms. The van der Waals surface area contributed by atoms with Crippen molar-refractivity contribution in [2.75, 3.05) is 13.1 Å². The summed E-state index contributed by atoms with van der Waals surface area (Å²) in [5.41, 5.74) is -0.257. The maximum Gasteiger partial charge on any atom is 0.305 e. The van der Waals surface area contributed by atoms with E-state index < -0.39 is 5.97 Å². The fraction of sp³-hybridized carbons (Fsp3) is 0.467. The van der Waals surface area contributed by atoms with Crippen LogP contribution < -0.4 is 5.56 Å². The van der Waals surface area contributed by atoms with Gasteiger partial charge in [0.25, 0.3) is 5.56 Å². The van der Waals surface area contributed by atoms with Gasteiger partial charge >= 0.3 is 5.97 Å². The van der Waals surface area contributed by atoms with E-state index in [4.69, 9.17) is 5.11 Å². The Kier molecular flexibility index (Phi) is 5.49. The molecule has 0 atom stereocenters. The third-order valence-electron chi connectivity index (χ3n) is 3.29. The number of thiophene rings is 1. The standard InChI is InChI=1S/C15H19N3O4S/c1-10(2)7-17(5-3-13(20)21)12(19)8-18-9-16-14-11(15(18)22)4-6-23-14/h4,6,9-10H,3,5,7-8H2,1-2H3,(H,20,21). The Bertz CT molecular complexity index is 765. The van der Waals surface area contributed by atoms with Gasteiger partial charge in [0.1, 0.15) is 11.4 Å². The summed E-state index contributed by atoms with van der Waals surface area (Å²) in [7, 11) is 0. The molecule has 0 unspecified atom stereocenters. The largest absolute Gasteiger partial charge is 0.481 e. The van der Waals surface area contributed by atoms with E-state index in [1.807, 2.05) is 13.8 Å². The number of fused-ring (bicyclic) bond motifs is 1. The summed E-state index contributed by atoms with van der Waals surface area (Å²) in [5, 5.41) is 11.1. The van der Waals surface area contributed by atoms with Gasteiger partial charge in [-0.25, -0.2) is 4.98 Å². The van der Waals surface area contributed by atoms with E-state index in [0.29, 0.717) is 16.8 Å². The Morgan fingerprint density at radius 2 is 2.17 bits per heavy atom. The maximum atomic E-state index is 12.4. The molecule has 1 amide bonds. The summed E-state index contributed by atoms with van der Waals surface area (Å²) in [5.74, 6) is -1.02. The number of aromatic nitrogens is 2. The highest BCUT2D eigenvalue weighted by atomic mass is 32.1. The van der Waals surface area contributed by atoms with E-state index in [9.17, 15) is 14.4 Å². The summed E-state index contributed by atoms with van der Waals surface area (Å²) in [4.78, 5) is 41.8. The molecule has 0 aliphatic heterocycles. The third-order valence-corrected chi connectivity index (χ3v) is 4.11. The van der Waals surface area contributed by atoms with E-state index in [1.165, 1.54) is 27.1 Å². The minimum absolute atomic E-state index is 0.116. The molecule has 0 aromatic carbocycles. The molecule has 124 valence electrons.